The van der Waals surface area contributed by atoms with Crippen LogP contribution in [0.5, 0.6) is 0 Å². The second kappa shape index (κ2) is 8.88. The Morgan fingerprint density at radius 3 is 2.07 bits per heavy atom. The molecule has 0 aromatic heterocycles. The van der Waals surface area contributed by atoms with Crippen LogP contribution in [0.25, 0.3) is 0 Å². The SMILES string of the molecule is CC=C(N)NN(CCCC)CCCC. The Bertz CT molecular complexity index is 147. The highest BCUT2D eigenvalue weighted by atomic mass is 15.5. The molecule has 0 aliphatic carbocycles. The average Bonchev–Trinajstić information content (AvgIpc) is 2.21. The fraction of sp³-hybridized carbons (Fsp3) is 0.818. The van der Waals surface area contributed by atoms with E-state index >= 15 is 0 Å². The summed E-state index contributed by atoms with van der Waals surface area (Å²) in [5.74, 6) is 0.747. The van der Waals surface area contributed by atoms with Crippen LogP contribution in [-0.2, 0) is 0 Å². The Morgan fingerprint density at radius 2 is 1.71 bits per heavy atom. The second-order valence-corrected chi connectivity index (χ2v) is 3.55. The lowest BCUT2D eigenvalue weighted by atomic mass is 10.3. The molecule has 3 heteroatoms. The highest BCUT2D eigenvalue weighted by Crippen LogP contribution is 1.97. The van der Waals surface area contributed by atoms with Crippen molar-refractivity contribution in [3.05, 3.63) is 11.9 Å². The van der Waals surface area contributed by atoms with E-state index in [0.717, 1.165) is 18.9 Å². The van der Waals surface area contributed by atoms with Gasteiger partial charge < -0.3 is 11.2 Å². The first-order valence-electron chi connectivity index (χ1n) is 5.67. The molecule has 0 fully saturated rings. The van der Waals surface area contributed by atoms with E-state index in [1.807, 2.05) is 13.0 Å². The van der Waals surface area contributed by atoms with Crippen molar-refractivity contribution < 1.29 is 0 Å². The van der Waals surface area contributed by atoms with Crippen LogP contribution in [0.3, 0.4) is 0 Å². The van der Waals surface area contributed by atoms with E-state index in [1.165, 1.54) is 25.7 Å². The Hall–Kier alpha value is -0.700. The van der Waals surface area contributed by atoms with Gasteiger partial charge in [0.15, 0.2) is 0 Å². The zero-order valence-electron chi connectivity index (χ0n) is 9.84. The van der Waals surface area contributed by atoms with Crippen molar-refractivity contribution in [2.75, 3.05) is 13.1 Å². The van der Waals surface area contributed by atoms with E-state index in [-0.39, 0.29) is 0 Å². The molecule has 0 atom stereocenters. The molecule has 0 unspecified atom stereocenters. The Morgan fingerprint density at radius 1 is 1.21 bits per heavy atom. The maximum atomic E-state index is 5.73. The van der Waals surface area contributed by atoms with Crippen LogP contribution < -0.4 is 11.2 Å². The van der Waals surface area contributed by atoms with E-state index < -0.39 is 0 Å². The molecule has 0 rings (SSSR count). The van der Waals surface area contributed by atoms with Crippen LogP contribution in [0.2, 0.25) is 0 Å². The number of hydrazine groups is 1. The Labute approximate surface area is 88.3 Å². The van der Waals surface area contributed by atoms with Crippen LogP contribution >= 0.6 is 0 Å². The topological polar surface area (TPSA) is 41.3 Å². The largest absolute Gasteiger partial charge is 0.385 e. The molecule has 0 aromatic rings. The van der Waals surface area contributed by atoms with Gasteiger partial charge in [-0.05, 0) is 25.8 Å². The summed E-state index contributed by atoms with van der Waals surface area (Å²) in [7, 11) is 0. The Kier molecular flexibility index (Phi) is 8.43. The van der Waals surface area contributed by atoms with Crippen LogP contribution in [0, 0.1) is 0 Å². The van der Waals surface area contributed by atoms with Crippen molar-refractivity contribution in [1.82, 2.24) is 10.4 Å². The van der Waals surface area contributed by atoms with Gasteiger partial charge in [0.2, 0.25) is 0 Å². The lowest BCUT2D eigenvalue weighted by molar-refractivity contribution is 0.204. The molecule has 84 valence electrons. The van der Waals surface area contributed by atoms with Crippen molar-refractivity contribution >= 4 is 0 Å². The van der Waals surface area contributed by atoms with Crippen LogP contribution in [0.15, 0.2) is 11.9 Å². The molecule has 0 aliphatic rings. The van der Waals surface area contributed by atoms with Gasteiger partial charge in [0, 0.05) is 13.1 Å². The van der Waals surface area contributed by atoms with Crippen LogP contribution in [0.1, 0.15) is 46.5 Å². The fourth-order valence-electron chi connectivity index (χ4n) is 1.17. The number of hydrogen-bond acceptors (Lipinski definition) is 3. The molecule has 0 aliphatic heterocycles. The highest BCUT2D eigenvalue weighted by Gasteiger charge is 2.02. The molecule has 0 bridgehead atoms. The van der Waals surface area contributed by atoms with Gasteiger partial charge in [-0.3, -0.25) is 0 Å². The standard InChI is InChI=1S/C11H25N3/c1-4-7-9-14(10-8-5-2)13-11(12)6-3/h6,13H,4-5,7-10,12H2,1-3H3. The molecular weight excluding hydrogens is 174 g/mol. The molecular formula is C11H25N3. The number of nitrogens with two attached hydrogens (primary N) is 1. The van der Waals surface area contributed by atoms with Crippen molar-refractivity contribution in [3.63, 3.8) is 0 Å². The maximum absolute atomic E-state index is 5.73. The predicted molar refractivity (Wildman–Crippen MR) is 62.5 cm³/mol. The van der Waals surface area contributed by atoms with Crippen molar-refractivity contribution in [1.29, 1.82) is 0 Å². The van der Waals surface area contributed by atoms with Crippen LogP contribution in [-0.4, -0.2) is 18.1 Å². The molecule has 3 N–H and O–H groups in total. The van der Waals surface area contributed by atoms with E-state index in [2.05, 4.69) is 24.3 Å². The quantitative estimate of drug-likeness (QED) is 0.589. The van der Waals surface area contributed by atoms with Gasteiger partial charge in [-0.25, -0.2) is 5.01 Å². The third-order valence-electron chi connectivity index (χ3n) is 2.16. The van der Waals surface area contributed by atoms with Gasteiger partial charge in [-0.15, -0.1) is 0 Å². The predicted octanol–water partition coefficient (Wildman–Crippen LogP) is 2.21. The monoisotopic (exact) mass is 199 g/mol. The summed E-state index contributed by atoms with van der Waals surface area (Å²) in [6.07, 6.45) is 6.77. The van der Waals surface area contributed by atoms with Gasteiger partial charge in [0.05, 0.1) is 0 Å². The Balaban J connectivity index is 3.83. The van der Waals surface area contributed by atoms with E-state index in [1.54, 1.807) is 0 Å². The van der Waals surface area contributed by atoms with E-state index in [0.29, 0.717) is 0 Å². The highest BCUT2D eigenvalue weighted by molar-refractivity contribution is 4.89. The van der Waals surface area contributed by atoms with E-state index in [4.69, 9.17) is 5.73 Å². The van der Waals surface area contributed by atoms with Gasteiger partial charge in [-0.1, -0.05) is 26.7 Å². The minimum Gasteiger partial charge on any atom is -0.385 e. The second-order valence-electron chi connectivity index (χ2n) is 3.55. The smallest absolute Gasteiger partial charge is 0.106 e. The van der Waals surface area contributed by atoms with Crippen molar-refractivity contribution in [3.8, 4) is 0 Å². The summed E-state index contributed by atoms with van der Waals surface area (Å²) < 4.78 is 0. The summed E-state index contributed by atoms with van der Waals surface area (Å²) in [4.78, 5) is 0. The molecule has 14 heavy (non-hydrogen) atoms. The molecule has 0 saturated carbocycles. The summed E-state index contributed by atoms with van der Waals surface area (Å²) >= 11 is 0. The van der Waals surface area contributed by atoms with Crippen LogP contribution in [0.4, 0.5) is 0 Å². The molecule has 0 spiro atoms. The summed E-state index contributed by atoms with van der Waals surface area (Å²) in [6.45, 7) is 8.50. The fourth-order valence-corrected chi connectivity index (χ4v) is 1.17. The maximum Gasteiger partial charge on any atom is 0.106 e. The van der Waals surface area contributed by atoms with Crippen molar-refractivity contribution in [2.45, 2.75) is 46.5 Å². The number of hydrogen-bond donors (Lipinski definition) is 2. The lowest BCUT2D eigenvalue weighted by Gasteiger charge is -2.23. The van der Waals surface area contributed by atoms with Crippen molar-refractivity contribution in [2.24, 2.45) is 5.73 Å². The zero-order chi connectivity index (χ0) is 10.8. The van der Waals surface area contributed by atoms with E-state index in [9.17, 15) is 0 Å². The third-order valence-corrected chi connectivity index (χ3v) is 2.16. The molecule has 0 saturated heterocycles. The van der Waals surface area contributed by atoms with Gasteiger partial charge in [0.25, 0.3) is 0 Å². The minimum absolute atomic E-state index is 0.747. The average molecular weight is 199 g/mol. The lowest BCUT2D eigenvalue weighted by Crippen LogP contribution is -2.41. The minimum atomic E-state index is 0.747. The molecule has 0 aromatic carbocycles. The number of unbranched alkanes of at least 4 members (excludes halogenated alkanes) is 2. The molecule has 3 nitrogen and oxygen atoms in total. The molecule has 0 radical (unpaired) electrons. The molecule has 0 amide bonds. The first kappa shape index (κ1) is 13.3. The number of nitrogens with one attached hydrogen (secondary N) is 1. The third kappa shape index (κ3) is 6.78. The number of allylic oxidation sites excluding steroid dienone is 1. The first-order valence-corrected chi connectivity index (χ1v) is 5.67. The van der Waals surface area contributed by atoms with Gasteiger partial charge in [0.1, 0.15) is 5.82 Å². The number of rotatable bonds is 8. The summed E-state index contributed by atoms with van der Waals surface area (Å²) in [5.41, 5.74) is 8.93. The summed E-state index contributed by atoms with van der Waals surface area (Å²) in [5, 5.41) is 2.21. The number of nitrogens with zero attached hydrogens (tertiary/aromatic N) is 1. The molecule has 0 heterocycles. The first-order chi connectivity index (χ1) is 6.74. The normalized spacial score (nSPS) is 12.1. The summed E-state index contributed by atoms with van der Waals surface area (Å²) in [6, 6.07) is 0. The van der Waals surface area contributed by atoms with Gasteiger partial charge >= 0.3 is 0 Å². The zero-order valence-corrected chi connectivity index (χ0v) is 9.84. The van der Waals surface area contributed by atoms with Gasteiger partial charge in [-0.2, -0.15) is 0 Å².